The third-order valence-electron chi connectivity index (χ3n) is 10.0. The number of carboxylic acid groups (broad SMARTS) is 2. The molecule has 0 unspecified atom stereocenters. The van der Waals surface area contributed by atoms with E-state index in [0.717, 1.165) is 52.1 Å². The van der Waals surface area contributed by atoms with Crippen molar-refractivity contribution in [2.45, 2.75) is 77.1 Å². The lowest BCUT2D eigenvalue weighted by molar-refractivity contribution is -0.675. The van der Waals surface area contributed by atoms with Crippen LogP contribution in [0.1, 0.15) is 49.7 Å². The molecule has 316 valence electrons. The Morgan fingerprint density at radius 1 is 0.483 bits per heavy atom. The topological polar surface area (TPSA) is 94.5 Å². The third-order valence-corrected chi connectivity index (χ3v) is 10.0. The summed E-state index contributed by atoms with van der Waals surface area (Å²) in [5, 5.41) is 20.3. The third kappa shape index (κ3) is 12.9. The first kappa shape index (κ1) is 44.9. The number of fused-ring (bicyclic) bond motifs is 12. The number of alkyl halides is 6. The standard InChI is InChI=1S/C42H46N4.2C2HF3O2/c1-5-17-35(18-6-1)33-45-29-15-4-16-30-46(34-36-19-7-2-8-20-36)42-26-32-44(40-24-12-10-22-38(40)42)28-14-3-13-27-43-31-25-41(45)37-21-9-11-23-39(37)43;2*3-2(4,5)1(6)7/h1-2,5-12,17-26,31-32H,3-4,13-16,27-30,33-34H2;2*(H,6,7)/q+2;;/p-2. The molecule has 0 saturated carbocycles. The van der Waals surface area contributed by atoms with Crippen molar-refractivity contribution in [3.63, 3.8) is 0 Å². The summed E-state index contributed by atoms with van der Waals surface area (Å²) in [6.07, 6.45) is 1.31. The van der Waals surface area contributed by atoms with Gasteiger partial charge in [0, 0.05) is 63.3 Å². The summed E-state index contributed by atoms with van der Waals surface area (Å²) in [6.45, 7) is 6.00. The van der Waals surface area contributed by atoms with E-state index in [1.165, 1.54) is 70.0 Å². The first-order valence-corrected chi connectivity index (χ1v) is 19.7. The Kier molecular flexibility index (Phi) is 15.9. The van der Waals surface area contributed by atoms with Gasteiger partial charge in [0.1, 0.15) is 25.0 Å². The Hall–Kier alpha value is -6.18. The minimum atomic E-state index is -5.19. The second kappa shape index (κ2) is 21.2. The number of carbonyl (C=O) groups is 2. The van der Waals surface area contributed by atoms with Gasteiger partial charge in [-0.3, -0.25) is 0 Å². The van der Waals surface area contributed by atoms with Crippen LogP contribution in [0.25, 0.3) is 21.8 Å². The summed E-state index contributed by atoms with van der Waals surface area (Å²) in [4.78, 5) is 22.8. The van der Waals surface area contributed by atoms with Crippen LogP contribution in [0.4, 0.5) is 37.7 Å². The number of hydrogen-bond acceptors (Lipinski definition) is 6. The number of para-hydroxylation sites is 2. The predicted octanol–water partition coefficient (Wildman–Crippen LogP) is 7.23. The predicted molar refractivity (Wildman–Crippen MR) is 213 cm³/mol. The monoisotopic (exact) mass is 832 g/mol. The minimum absolute atomic E-state index is 0.922. The highest BCUT2D eigenvalue weighted by Crippen LogP contribution is 2.29. The Bertz CT molecular complexity index is 2150. The maximum atomic E-state index is 10.5. The number of aliphatic carboxylic acids is 2. The van der Waals surface area contributed by atoms with Gasteiger partial charge in [0.25, 0.3) is 0 Å². The lowest BCUT2D eigenvalue weighted by Gasteiger charge is -2.27. The number of aromatic nitrogens is 2. The number of halogens is 6. The molecule has 0 radical (unpaired) electrons. The number of anilines is 2. The molecule has 8 nitrogen and oxygen atoms in total. The van der Waals surface area contributed by atoms with E-state index in [-0.39, 0.29) is 0 Å². The van der Waals surface area contributed by atoms with E-state index in [2.05, 4.69) is 153 Å². The number of carboxylic acids is 2. The van der Waals surface area contributed by atoms with E-state index in [0.29, 0.717) is 0 Å². The fourth-order valence-corrected chi connectivity index (χ4v) is 7.18. The molecule has 7 rings (SSSR count). The van der Waals surface area contributed by atoms with Crippen molar-refractivity contribution in [2.24, 2.45) is 0 Å². The number of nitrogens with zero attached hydrogens (tertiary/aromatic N) is 4. The molecule has 14 heteroatoms. The summed E-state index contributed by atoms with van der Waals surface area (Å²) in [7, 11) is 0. The van der Waals surface area contributed by atoms with E-state index in [9.17, 15) is 26.3 Å². The van der Waals surface area contributed by atoms with Crippen LogP contribution in [0.5, 0.6) is 0 Å². The maximum absolute atomic E-state index is 10.5. The summed E-state index contributed by atoms with van der Waals surface area (Å²) < 4.78 is 68.0. The zero-order valence-electron chi connectivity index (χ0n) is 32.9. The van der Waals surface area contributed by atoms with Crippen molar-refractivity contribution in [1.29, 1.82) is 0 Å². The first-order chi connectivity index (χ1) is 28.7. The van der Waals surface area contributed by atoms with E-state index >= 15 is 0 Å². The molecule has 1 aliphatic heterocycles. The van der Waals surface area contributed by atoms with Crippen molar-refractivity contribution in [3.8, 4) is 0 Å². The number of carbonyl (C=O) groups excluding carboxylic acids is 2. The average molecular weight is 833 g/mol. The molecule has 0 N–H and O–H groups in total. The smallest absolute Gasteiger partial charge is 0.430 e. The molecule has 60 heavy (non-hydrogen) atoms. The largest absolute Gasteiger partial charge is 0.542 e. The van der Waals surface area contributed by atoms with Crippen LogP contribution in [0, 0.1) is 0 Å². The van der Waals surface area contributed by atoms with E-state index in [4.69, 9.17) is 19.8 Å². The van der Waals surface area contributed by atoms with Gasteiger partial charge in [0.05, 0.1) is 22.1 Å². The van der Waals surface area contributed by atoms with Crippen molar-refractivity contribution in [3.05, 3.63) is 145 Å². The lowest BCUT2D eigenvalue weighted by atomic mass is 10.1. The molecular weight excluding hydrogens is 787 g/mol. The number of pyridine rings is 2. The van der Waals surface area contributed by atoms with Crippen LogP contribution in [0.15, 0.2) is 134 Å². The van der Waals surface area contributed by atoms with Crippen molar-refractivity contribution in [2.75, 3.05) is 22.9 Å². The number of rotatable bonds is 4. The van der Waals surface area contributed by atoms with Crippen LogP contribution in [-0.2, 0) is 35.8 Å². The zero-order chi connectivity index (χ0) is 43.1. The summed E-state index contributed by atoms with van der Waals surface area (Å²) in [5.74, 6) is -6.01. The quantitative estimate of drug-likeness (QED) is 0.138. The number of benzene rings is 4. The zero-order valence-corrected chi connectivity index (χ0v) is 32.9. The lowest BCUT2D eigenvalue weighted by Crippen LogP contribution is -2.37. The summed E-state index contributed by atoms with van der Waals surface area (Å²) >= 11 is 0. The van der Waals surface area contributed by atoms with Crippen LogP contribution < -0.4 is 29.1 Å². The minimum Gasteiger partial charge on any atom is -0.542 e. The average Bonchev–Trinajstić information content (AvgIpc) is 3.23. The normalized spacial score (nSPS) is 14.2. The molecule has 4 bridgehead atoms. The van der Waals surface area contributed by atoms with E-state index < -0.39 is 24.3 Å². The molecule has 1 aliphatic rings. The van der Waals surface area contributed by atoms with Crippen LogP contribution in [0.2, 0.25) is 0 Å². The van der Waals surface area contributed by atoms with Gasteiger partial charge < -0.3 is 29.6 Å². The fraction of sp³-hybridized carbons (Fsp3) is 0.304. The highest BCUT2D eigenvalue weighted by atomic mass is 19.4. The molecule has 0 saturated heterocycles. The molecule has 0 amide bonds. The molecule has 3 heterocycles. The fourth-order valence-electron chi connectivity index (χ4n) is 7.18. The molecule has 2 aromatic heterocycles. The maximum Gasteiger partial charge on any atom is 0.430 e. The van der Waals surface area contributed by atoms with Gasteiger partial charge in [-0.2, -0.15) is 35.5 Å². The van der Waals surface area contributed by atoms with Gasteiger partial charge in [-0.05, 0) is 48.9 Å². The van der Waals surface area contributed by atoms with Gasteiger partial charge >= 0.3 is 12.4 Å². The number of aryl methyl sites for hydroxylation is 2. The van der Waals surface area contributed by atoms with Crippen molar-refractivity contribution in [1.82, 2.24) is 0 Å². The van der Waals surface area contributed by atoms with E-state index in [1.807, 2.05) is 0 Å². The van der Waals surface area contributed by atoms with Crippen LogP contribution in [0.3, 0.4) is 0 Å². The molecule has 0 atom stereocenters. The second-order valence-electron chi connectivity index (χ2n) is 14.3. The molecular formula is C46H46F6N4O4. The Morgan fingerprint density at radius 2 is 0.817 bits per heavy atom. The van der Waals surface area contributed by atoms with Gasteiger partial charge in [0.15, 0.2) is 12.4 Å². The van der Waals surface area contributed by atoms with Crippen molar-refractivity contribution < 1.29 is 55.3 Å². The van der Waals surface area contributed by atoms with Crippen molar-refractivity contribution >= 4 is 45.1 Å². The van der Waals surface area contributed by atoms with E-state index in [1.54, 1.807) is 0 Å². The summed E-state index contributed by atoms with van der Waals surface area (Å²) in [6, 6.07) is 44.7. The van der Waals surface area contributed by atoms with Crippen LogP contribution in [-0.4, -0.2) is 37.4 Å². The molecule has 4 aromatic carbocycles. The van der Waals surface area contributed by atoms with Gasteiger partial charge in [-0.25, -0.2) is 0 Å². The molecule has 0 aliphatic carbocycles. The molecule has 0 spiro atoms. The molecule has 6 aromatic rings. The highest BCUT2D eigenvalue weighted by molar-refractivity contribution is 5.90. The Labute approximate surface area is 344 Å². The molecule has 0 fully saturated rings. The second-order valence-corrected chi connectivity index (χ2v) is 14.3. The Morgan fingerprint density at radius 3 is 1.18 bits per heavy atom. The van der Waals surface area contributed by atoms with Crippen LogP contribution >= 0.6 is 0 Å². The highest BCUT2D eigenvalue weighted by Gasteiger charge is 2.29. The summed E-state index contributed by atoms with van der Waals surface area (Å²) in [5.41, 5.74) is 8.08. The van der Waals surface area contributed by atoms with Gasteiger partial charge in [0.2, 0.25) is 11.0 Å². The number of hydrogen-bond donors (Lipinski definition) is 0. The van der Waals surface area contributed by atoms with Gasteiger partial charge in [-0.15, -0.1) is 0 Å². The van der Waals surface area contributed by atoms with Gasteiger partial charge in [-0.1, -0.05) is 84.9 Å². The first-order valence-electron chi connectivity index (χ1n) is 19.7. The SMILES string of the molecule is O=C([O-])C(F)(F)F.O=C([O-])C(F)(F)F.c1ccc(CN2CCCCCN(Cc3ccccc3)c3cc[n+](c4ccccc34)CCCCC[n+]3ccc2c2ccccc23)cc1. The Balaban J connectivity index is 0.000000420.